The fraction of sp³-hybridized carbons (Fsp3) is 0.562. The summed E-state index contributed by atoms with van der Waals surface area (Å²) < 4.78 is 0. The van der Waals surface area contributed by atoms with E-state index in [1.165, 1.54) is 18.4 Å². The molecule has 2 rings (SSSR count). The van der Waals surface area contributed by atoms with Gasteiger partial charge in [0.25, 0.3) is 0 Å². The maximum Gasteiger partial charge on any atom is 0.238 e. The summed E-state index contributed by atoms with van der Waals surface area (Å²) >= 11 is 0. The van der Waals surface area contributed by atoms with Crippen LogP contribution in [0.1, 0.15) is 24.8 Å². The van der Waals surface area contributed by atoms with Crippen LogP contribution >= 0.6 is 0 Å². The first-order chi connectivity index (χ1) is 9.67. The molecular formula is C16H25N3O. The third kappa shape index (κ3) is 4.62. The number of hydrogen-bond acceptors (Lipinski definition) is 3. The number of nitrogens with zero attached hydrogens (tertiary/aromatic N) is 1. The molecule has 1 fully saturated rings. The minimum atomic E-state index is 0.0715. The molecule has 1 aliphatic heterocycles. The van der Waals surface area contributed by atoms with E-state index in [9.17, 15) is 4.79 Å². The van der Waals surface area contributed by atoms with Crippen LogP contribution in [0.15, 0.2) is 24.3 Å². The quantitative estimate of drug-likeness (QED) is 0.864. The number of carbonyl (C=O) groups is 1. The molecule has 0 aromatic heterocycles. The monoisotopic (exact) mass is 275 g/mol. The SMILES string of the molecule is Cc1ccc(NC(=O)CN2CCCC(CCN)C2)cc1. The molecule has 4 nitrogen and oxygen atoms in total. The lowest BCUT2D eigenvalue weighted by Crippen LogP contribution is -2.40. The lowest BCUT2D eigenvalue weighted by Gasteiger charge is -2.32. The van der Waals surface area contributed by atoms with Crippen LogP contribution in [0.25, 0.3) is 0 Å². The number of carbonyl (C=O) groups excluding carboxylic acids is 1. The Labute approximate surface area is 121 Å². The Hall–Kier alpha value is -1.39. The van der Waals surface area contributed by atoms with Gasteiger partial charge in [-0.1, -0.05) is 17.7 Å². The minimum Gasteiger partial charge on any atom is -0.330 e. The highest BCUT2D eigenvalue weighted by Gasteiger charge is 2.20. The molecule has 4 heteroatoms. The molecule has 1 atom stereocenters. The van der Waals surface area contributed by atoms with Crippen LogP contribution in [-0.2, 0) is 4.79 Å². The number of aryl methyl sites for hydroxylation is 1. The molecule has 0 saturated carbocycles. The first-order valence-corrected chi connectivity index (χ1v) is 7.46. The van der Waals surface area contributed by atoms with Gasteiger partial charge in [0.2, 0.25) is 5.91 Å². The second-order valence-electron chi connectivity index (χ2n) is 5.73. The Morgan fingerprint density at radius 2 is 2.15 bits per heavy atom. The van der Waals surface area contributed by atoms with Gasteiger partial charge in [-0.2, -0.15) is 0 Å². The number of likely N-dealkylation sites (tertiary alicyclic amines) is 1. The summed E-state index contributed by atoms with van der Waals surface area (Å²) in [6.45, 7) is 5.28. The number of benzene rings is 1. The number of rotatable bonds is 5. The number of nitrogens with two attached hydrogens (primary N) is 1. The molecular weight excluding hydrogens is 250 g/mol. The van der Waals surface area contributed by atoms with Gasteiger partial charge in [0.05, 0.1) is 6.54 Å². The minimum absolute atomic E-state index is 0.0715. The average Bonchev–Trinajstić information content (AvgIpc) is 2.42. The molecule has 0 spiro atoms. The van der Waals surface area contributed by atoms with E-state index in [2.05, 4.69) is 10.2 Å². The van der Waals surface area contributed by atoms with Crippen LogP contribution in [0.4, 0.5) is 5.69 Å². The zero-order valence-corrected chi connectivity index (χ0v) is 12.3. The highest BCUT2D eigenvalue weighted by atomic mass is 16.2. The number of amides is 1. The maximum atomic E-state index is 12.1. The van der Waals surface area contributed by atoms with E-state index < -0.39 is 0 Å². The van der Waals surface area contributed by atoms with Gasteiger partial charge in [0.15, 0.2) is 0 Å². The molecule has 1 aromatic rings. The Morgan fingerprint density at radius 1 is 1.40 bits per heavy atom. The van der Waals surface area contributed by atoms with E-state index in [0.717, 1.165) is 31.7 Å². The topological polar surface area (TPSA) is 58.4 Å². The van der Waals surface area contributed by atoms with Crippen molar-refractivity contribution < 1.29 is 4.79 Å². The van der Waals surface area contributed by atoms with E-state index in [4.69, 9.17) is 5.73 Å². The van der Waals surface area contributed by atoms with Crippen molar-refractivity contribution >= 4 is 11.6 Å². The molecule has 1 heterocycles. The first-order valence-electron chi connectivity index (χ1n) is 7.46. The van der Waals surface area contributed by atoms with Crippen LogP contribution in [0.2, 0.25) is 0 Å². The molecule has 20 heavy (non-hydrogen) atoms. The summed E-state index contributed by atoms with van der Waals surface area (Å²) in [5.74, 6) is 0.725. The van der Waals surface area contributed by atoms with Crippen molar-refractivity contribution in [3.05, 3.63) is 29.8 Å². The van der Waals surface area contributed by atoms with Gasteiger partial charge >= 0.3 is 0 Å². The molecule has 0 aliphatic carbocycles. The Morgan fingerprint density at radius 3 is 2.85 bits per heavy atom. The molecule has 1 saturated heterocycles. The third-order valence-corrected chi connectivity index (χ3v) is 3.88. The van der Waals surface area contributed by atoms with Crippen LogP contribution in [0, 0.1) is 12.8 Å². The summed E-state index contributed by atoms with van der Waals surface area (Å²) in [5, 5.41) is 2.96. The fourth-order valence-corrected chi connectivity index (χ4v) is 2.81. The van der Waals surface area contributed by atoms with E-state index in [1.54, 1.807) is 0 Å². The van der Waals surface area contributed by atoms with Gasteiger partial charge in [-0.05, 0) is 57.3 Å². The average molecular weight is 275 g/mol. The van der Waals surface area contributed by atoms with Gasteiger partial charge < -0.3 is 11.1 Å². The summed E-state index contributed by atoms with van der Waals surface area (Å²) in [6, 6.07) is 7.91. The Kier molecular flexibility index (Phi) is 5.56. The second-order valence-corrected chi connectivity index (χ2v) is 5.73. The van der Waals surface area contributed by atoms with Gasteiger partial charge in [-0.25, -0.2) is 0 Å². The van der Waals surface area contributed by atoms with Crippen LogP contribution in [-0.4, -0.2) is 37.0 Å². The van der Waals surface area contributed by atoms with Crippen molar-refractivity contribution in [3.63, 3.8) is 0 Å². The van der Waals surface area contributed by atoms with Gasteiger partial charge in [-0.3, -0.25) is 9.69 Å². The zero-order chi connectivity index (χ0) is 14.4. The molecule has 110 valence electrons. The van der Waals surface area contributed by atoms with E-state index in [-0.39, 0.29) is 5.91 Å². The van der Waals surface area contributed by atoms with Crippen molar-refractivity contribution in [2.24, 2.45) is 11.7 Å². The van der Waals surface area contributed by atoms with Crippen molar-refractivity contribution in [2.45, 2.75) is 26.2 Å². The summed E-state index contributed by atoms with van der Waals surface area (Å²) in [5.41, 5.74) is 7.69. The van der Waals surface area contributed by atoms with E-state index in [1.807, 2.05) is 31.2 Å². The van der Waals surface area contributed by atoms with Crippen LogP contribution < -0.4 is 11.1 Å². The number of hydrogen-bond donors (Lipinski definition) is 2. The molecule has 0 bridgehead atoms. The lowest BCUT2D eigenvalue weighted by atomic mass is 9.95. The fourth-order valence-electron chi connectivity index (χ4n) is 2.81. The largest absolute Gasteiger partial charge is 0.330 e. The number of anilines is 1. The second kappa shape index (κ2) is 7.41. The van der Waals surface area contributed by atoms with Crippen LogP contribution in [0.5, 0.6) is 0 Å². The van der Waals surface area contributed by atoms with Crippen molar-refractivity contribution in [1.29, 1.82) is 0 Å². The number of nitrogens with one attached hydrogen (secondary N) is 1. The summed E-state index contributed by atoms with van der Waals surface area (Å²) in [6.07, 6.45) is 3.48. The zero-order valence-electron chi connectivity index (χ0n) is 12.3. The molecule has 1 aliphatic rings. The molecule has 1 aromatic carbocycles. The highest BCUT2D eigenvalue weighted by molar-refractivity contribution is 5.92. The molecule has 0 radical (unpaired) electrons. The van der Waals surface area contributed by atoms with Gasteiger partial charge in [0.1, 0.15) is 0 Å². The first kappa shape index (κ1) is 15.0. The number of piperidine rings is 1. The lowest BCUT2D eigenvalue weighted by molar-refractivity contribution is -0.117. The molecule has 3 N–H and O–H groups in total. The normalized spacial score (nSPS) is 19.8. The Bertz CT molecular complexity index is 428. The molecule has 1 amide bonds. The highest BCUT2D eigenvalue weighted by Crippen LogP contribution is 2.18. The Balaban J connectivity index is 1.80. The predicted molar refractivity (Wildman–Crippen MR) is 82.6 cm³/mol. The van der Waals surface area contributed by atoms with Crippen LogP contribution in [0.3, 0.4) is 0 Å². The summed E-state index contributed by atoms with van der Waals surface area (Å²) in [7, 11) is 0. The van der Waals surface area contributed by atoms with Crippen molar-refractivity contribution in [3.8, 4) is 0 Å². The predicted octanol–water partition coefficient (Wildman–Crippen LogP) is 1.99. The van der Waals surface area contributed by atoms with Crippen molar-refractivity contribution in [2.75, 3.05) is 31.5 Å². The van der Waals surface area contributed by atoms with E-state index >= 15 is 0 Å². The maximum absolute atomic E-state index is 12.1. The molecule has 1 unspecified atom stereocenters. The summed E-state index contributed by atoms with van der Waals surface area (Å²) in [4.78, 5) is 14.3. The van der Waals surface area contributed by atoms with Crippen molar-refractivity contribution in [1.82, 2.24) is 4.90 Å². The van der Waals surface area contributed by atoms with E-state index in [0.29, 0.717) is 12.5 Å². The van der Waals surface area contributed by atoms with Gasteiger partial charge in [-0.15, -0.1) is 0 Å². The third-order valence-electron chi connectivity index (χ3n) is 3.88. The van der Waals surface area contributed by atoms with Gasteiger partial charge in [0, 0.05) is 12.2 Å². The smallest absolute Gasteiger partial charge is 0.238 e. The standard InChI is InChI=1S/C16H25N3O/c1-13-4-6-15(7-5-13)18-16(20)12-19-10-2-3-14(11-19)8-9-17/h4-7,14H,2-3,8-12,17H2,1H3,(H,18,20).